The zero-order valence-corrected chi connectivity index (χ0v) is 42.3. The van der Waals surface area contributed by atoms with Crippen LogP contribution in [0.15, 0.2) is 237 Å². The minimum atomic E-state index is -1.79. The summed E-state index contributed by atoms with van der Waals surface area (Å²) in [6.07, 6.45) is 0. The summed E-state index contributed by atoms with van der Waals surface area (Å²) in [7, 11) is -2.53. The number of benzene rings is 10. The molecule has 0 bridgehead atoms. The molecule has 6 heteroatoms. The van der Waals surface area contributed by atoms with Crippen LogP contribution in [0.2, 0.25) is 0 Å². The second-order valence-corrected chi connectivity index (χ2v) is 25.0. The molecule has 11 aromatic rings. The number of hydrogen-bond donors (Lipinski definition) is 1. The van der Waals surface area contributed by atoms with E-state index in [4.69, 9.17) is 0 Å². The monoisotopic (exact) mass is 929 g/mol. The fourth-order valence-corrected chi connectivity index (χ4v) is 16.0. The van der Waals surface area contributed by atoms with Crippen LogP contribution in [-0.4, -0.2) is 29.6 Å². The first-order valence-electron chi connectivity index (χ1n) is 24.7. The van der Waals surface area contributed by atoms with E-state index in [1.807, 2.05) is 0 Å². The lowest BCUT2D eigenvalue weighted by molar-refractivity contribution is 0.590. The Bertz CT molecular complexity index is 3660. The molecule has 0 unspecified atom stereocenters. The summed E-state index contributed by atoms with van der Waals surface area (Å²) in [5.74, 6) is 0. The van der Waals surface area contributed by atoms with E-state index in [1.54, 1.807) is 0 Å². The van der Waals surface area contributed by atoms with Gasteiger partial charge in [0.1, 0.15) is 8.80 Å². The molecule has 10 aromatic carbocycles. The number of hydrogen-bond acceptors (Lipinski definition) is 2. The molecular formula is C64H52BN3Si2. The van der Waals surface area contributed by atoms with Crippen molar-refractivity contribution in [1.29, 1.82) is 0 Å². The van der Waals surface area contributed by atoms with Gasteiger partial charge in [0.05, 0.1) is 26.2 Å². The molecule has 0 saturated heterocycles. The van der Waals surface area contributed by atoms with Gasteiger partial charge in [-0.25, -0.2) is 0 Å². The van der Waals surface area contributed by atoms with Crippen molar-refractivity contribution in [3.63, 3.8) is 0 Å². The van der Waals surface area contributed by atoms with Crippen molar-refractivity contribution in [2.75, 3.05) is 10.2 Å². The van der Waals surface area contributed by atoms with Gasteiger partial charge in [0.25, 0.3) is 6.71 Å². The topological polar surface area (TPSA) is 20.2 Å². The van der Waals surface area contributed by atoms with Crippen molar-refractivity contribution >= 4 is 118 Å². The van der Waals surface area contributed by atoms with Crippen LogP contribution in [-0.2, 0) is 5.41 Å². The molecule has 0 amide bonds. The molecule has 1 N–H and O–H groups in total. The molecule has 2 aliphatic heterocycles. The Labute approximate surface area is 415 Å². The third kappa shape index (κ3) is 7.17. The molecule has 13 rings (SSSR count). The Morgan fingerprint density at radius 3 is 1.64 bits per heavy atom. The Morgan fingerprint density at radius 2 is 1.01 bits per heavy atom. The van der Waals surface area contributed by atoms with Crippen LogP contribution in [0.25, 0.3) is 38.6 Å². The van der Waals surface area contributed by atoms with Crippen LogP contribution in [0.3, 0.4) is 0 Å². The minimum absolute atomic E-state index is 0.0270. The summed E-state index contributed by atoms with van der Waals surface area (Å²) in [5, 5.41) is 13.8. The SMILES string of the molecule is CC(C)(C)c1cc(-c2ccccc2)c2c(c1)N(c1ccc([SiH](c3ccccc3)c3ccccc3)cc1)c1cc(-n3c4ccccc4c4ccccc43)cc3c1B2c1cc([SiH2]c2ccccc2)ccc1N3. The summed E-state index contributed by atoms with van der Waals surface area (Å²) in [5.41, 5.74) is 17.2. The largest absolute Gasteiger partial charge is 0.356 e. The first-order chi connectivity index (χ1) is 34.4. The van der Waals surface area contributed by atoms with Gasteiger partial charge in [0.2, 0.25) is 0 Å². The smallest absolute Gasteiger partial charge is 0.252 e. The zero-order valence-electron chi connectivity index (χ0n) is 39.8. The van der Waals surface area contributed by atoms with Crippen molar-refractivity contribution in [2.45, 2.75) is 26.2 Å². The molecule has 0 atom stereocenters. The predicted molar refractivity (Wildman–Crippen MR) is 307 cm³/mol. The van der Waals surface area contributed by atoms with Gasteiger partial charge in [-0.2, -0.15) is 0 Å². The predicted octanol–water partition coefficient (Wildman–Crippen LogP) is 9.47. The van der Waals surface area contributed by atoms with Gasteiger partial charge >= 0.3 is 0 Å². The highest BCUT2D eigenvalue weighted by molar-refractivity contribution is 7.01. The van der Waals surface area contributed by atoms with Crippen LogP contribution in [0.4, 0.5) is 28.4 Å². The summed E-state index contributed by atoms with van der Waals surface area (Å²) >= 11 is 0. The third-order valence-electron chi connectivity index (χ3n) is 14.8. The number of nitrogens with zero attached hydrogens (tertiary/aromatic N) is 2. The molecule has 334 valence electrons. The zero-order chi connectivity index (χ0) is 46.9. The second-order valence-electron chi connectivity index (χ2n) is 20.2. The Morgan fingerprint density at radius 1 is 0.457 bits per heavy atom. The van der Waals surface area contributed by atoms with Crippen molar-refractivity contribution < 1.29 is 0 Å². The first-order valence-corrected chi connectivity index (χ1v) is 27.8. The van der Waals surface area contributed by atoms with Crippen LogP contribution < -0.4 is 52.5 Å². The molecule has 70 heavy (non-hydrogen) atoms. The van der Waals surface area contributed by atoms with Gasteiger partial charge in [0, 0.05) is 39.2 Å². The quantitative estimate of drug-likeness (QED) is 0.121. The number of anilines is 5. The van der Waals surface area contributed by atoms with Gasteiger partial charge in [-0.15, -0.1) is 0 Å². The van der Waals surface area contributed by atoms with E-state index in [-0.39, 0.29) is 12.1 Å². The number of para-hydroxylation sites is 2. The van der Waals surface area contributed by atoms with Crippen molar-refractivity contribution in [3.05, 3.63) is 242 Å². The molecule has 3 nitrogen and oxygen atoms in total. The molecular weight excluding hydrogens is 878 g/mol. The molecule has 0 fully saturated rings. The van der Waals surface area contributed by atoms with Crippen molar-refractivity contribution in [2.24, 2.45) is 0 Å². The maximum Gasteiger partial charge on any atom is 0.252 e. The van der Waals surface area contributed by atoms with E-state index in [9.17, 15) is 0 Å². The number of rotatable bonds is 8. The molecule has 0 saturated carbocycles. The number of fused-ring (bicyclic) bond motifs is 7. The lowest BCUT2D eigenvalue weighted by atomic mass is 9.32. The first kappa shape index (κ1) is 42.2. The standard InChI is InChI=1S/C64H52BN3Si2/c1-64(2,3)44-38-54(43-20-8-4-9-21-43)62-60(39-44)67(45-32-35-51(36-33-45)70(49-24-12-6-13-25-49)50-26-14-7-15-27-50)61-41-46(68-58-30-18-16-28-52(58)53-29-17-19-31-59(53)68)40-57-63(61)65(62)55-42-48(34-37-56(55)66-57)69-47-22-10-5-11-23-47/h4-42,66,70H,69H2,1-3H3. The van der Waals surface area contributed by atoms with Crippen LogP contribution in [0, 0.1) is 0 Å². The number of nitrogens with one attached hydrogen (secondary N) is 1. The van der Waals surface area contributed by atoms with Gasteiger partial charge in [-0.05, 0) is 87.0 Å². The van der Waals surface area contributed by atoms with E-state index >= 15 is 0 Å². The molecule has 3 heterocycles. The van der Waals surface area contributed by atoms with Crippen LogP contribution in [0.5, 0.6) is 0 Å². The Balaban J connectivity index is 1.10. The molecule has 0 spiro atoms. The molecule has 0 aliphatic carbocycles. The lowest BCUT2D eigenvalue weighted by Gasteiger charge is -2.43. The van der Waals surface area contributed by atoms with Gasteiger partial charge in [-0.3, -0.25) is 0 Å². The Kier molecular flexibility index (Phi) is 10.2. The van der Waals surface area contributed by atoms with Crippen molar-refractivity contribution in [1.82, 2.24) is 4.57 Å². The summed E-state index contributed by atoms with van der Waals surface area (Å²) in [6, 6.07) is 89.3. The number of aromatic nitrogens is 1. The van der Waals surface area contributed by atoms with E-state index in [1.165, 1.54) is 97.9 Å². The maximum atomic E-state index is 4.11. The summed E-state index contributed by atoms with van der Waals surface area (Å²) < 4.78 is 2.48. The fraction of sp³-hybridized carbons (Fsp3) is 0.0625. The summed E-state index contributed by atoms with van der Waals surface area (Å²) in [4.78, 5) is 2.62. The maximum absolute atomic E-state index is 4.11. The Hall–Kier alpha value is -7.90. The van der Waals surface area contributed by atoms with Gasteiger partial charge in [0.15, 0.2) is 0 Å². The average molecular weight is 930 g/mol. The molecule has 2 aliphatic rings. The summed E-state index contributed by atoms with van der Waals surface area (Å²) in [6.45, 7) is 7.04. The van der Waals surface area contributed by atoms with Crippen molar-refractivity contribution in [3.8, 4) is 16.8 Å². The van der Waals surface area contributed by atoms with Gasteiger partial charge < -0.3 is 14.8 Å². The highest BCUT2D eigenvalue weighted by Gasteiger charge is 2.43. The van der Waals surface area contributed by atoms with Crippen LogP contribution in [0.1, 0.15) is 26.3 Å². The third-order valence-corrected chi connectivity index (χ3v) is 19.7. The normalized spacial score (nSPS) is 12.9. The highest BCUT2D eigenvalue weighted by Crippen LogP contribution is 2.45. The van der Waals surface area contributed by atoms with Gasteiger partial charge in [-0.1, -0.05) is 235 Å². The van der Waals surface area contributed by atoms with E-state index < -0.39 is 18.3 Å². The molecule has 1 aromatic heterocycles. The van der Waals surface area contributed by atoms with E-state index in [0.717, 1.165) is 17.1 Å². The molecule has 0 radical (unpaired) electrons. The average Bonchev–Trinajstić information content (AvgIpc) is 3.74. The van der Waals surface area contributed by atoms with E-state index in [0.29, 0.717) is 0 Å². The minimum Gasteiger partial charge on any atom is -0.356 e. The van der Waals surface area contributed by atoms with Crippen LogP contribution >= 0.6 is 0 Å². The second kappa shape index (κ2) is 17.0. The lowest BCUT2D eigenvalue weighted by Crippen LogP contribution is -2.61. The highest BCUT2D eigenvalue weighted by atomic mass is 28.3. The fourth-order valence-electron chi connectivity index (χ4n) is 11.6. The van der Waals surface area contributed by atoms with E-state index in [2.05, 4.69) is 272 Å².